The lowest BCUT2D eigenvalue weighted by Crippen LogP contribution is -2.51. The van der Waals surface area contributed by atoms with E-state index in [0.717, 1.165) is 0 Å². The molecular weight excluding hydrogens is 215 g/mol. The minimum atomic E-state index is -4.90. The quantitative estimate of drug-likeness (QED) is 0.750. The van der Waals surface area contributed by atoms with E-state index in [4.69, 9.17) is 5.11 Å². The van der Waals surface area contributed by atoms with Crippen LogP contribution in [-0.2, 0) is 9.59 Å². The first-order chi connectivity index (χ1) is 6.80. The number of carboxylic acid groups (broad SMARTS) is 1. The van der Waals surface area contributed by atoms with Crippen molar-refractivity contribution in [1.29, 1.82) is 0 Å². The van der Waals surface area contributed by atoms with E-state index in [1.54, 1.807) is 5.32 Å². The molecule has 0 aromatic rings. The molecule has 1 aliphatic rings. The highest BCUT2D eigenvalue weighted by atomic mass is 19.4. The van der Waals surface area contributed by atoms with Gasteiger partial charge in [-0.25, -0.2) is 0 Å². The molecule has 15 heavy (non-hydrogen) atoms. The fourth-order valence-corrected chi connectivity index (χ4v) is 1.48. The van der Waals surface area contributed by atoms with E-state index in [0.29, 0.717) is 12.8 Å². The molecule has 0 aliphatic heterocycles. The fraction of sp³-hybridized carbons (Fsp3) is 0.750. The molecule has 1 fully saturated rings. The fourth-order valence-electron chi connectivity index (χ4n) is 1.48. The summed E-state index contributed by atoms with van der Waals surface area (Å²) in [4.78, 5) is 20.8. The molecule has 0 radical (unpaired) electrons. The molecule has 2 unspecified atom stereocenters. The van der Waals surface area contributed by atoms with Crippen LogP contribution in [0.25, 0.3) is 0 Å². The Labute approximate surface area is 83.5 Å². The minimum absolute atomic E-state index is 0.206. The number of hydrogen-bond acceptors (Lipinski definition) is 2. The summed E-state index contributed by atoms with van der Waals surface area (Å²) in [6, 6.07) is -0.657. The van der Waals surface area contributed by atoms with Gasteiger partial charge in [0.15, 0.2) is 0 Å². The van der Waals surface area contributed by atoms with Gasteiger partial charge in [-0.15, -0.1) is 0 Å². The molecule has 1 rings (SSSR count). The molecule has 0 heterocycles. The molecule has 1 saturated carbocycles. The van der Waals surface area contributed by atoms with Crippen molar-refractivity contribution in [2.45, 2.75) is 31.5 Å². The Balaban J connectivity index is 2.40. The van der Waals surface area contributed by atoms with Crippen molar-refractivity contribution in [2.24, 2.45) is 5.92 Å². The second-order valence-electron chi connectivity index (χ2n) is 3.51. The smallest absolute Gasteiger partial charge is 0.471 e. The Bertz CT molecular complexity index is 277. The Morgan fingerprint density at radius 2 is 1.93 bits per heavy atom. The summed E-state index contributed by atoms with van der Waals surface area (Å²) in [5.74, 6) is -3.44. The molecule has 0 bridgehead atoms. The molecule has 4 nitrogen and oxygen atoms in total. The van der Waals surface area contributed by atoms with Gasteiger partial charge < -0.3 is 10.4 Å². The van der Waals surface area contributed by atoms with Crippen LogP contribution < -0.4 is 5.32 Å². The number of carbonyl (C=O) groups excluding carboxylic acids is 1. The lowest BCUT2D eigenvalue weighted by molar-refractivity contribution is -0.175. The summed E-state index contributed by atoms with van der Waals surface area (Å²) >= 11 is 0. The first kappa shape index (κ1) is 11.8. The van der Waals surface area contributed by atoms with Crippen molar-refractivity contribution in [3.63, 3.8) is 0 Å². The van der Waals surface area contributed by atoms with Gasteiger partial charge in [0, 0.05) is 6.04 Å². The summed E-state index contributed by atoms with van der Waals surface area (Å²) in [7, 11) is 0. The lowest BCUT2D eigenvalue weighted by Gasteiger charge is -2.36. The largest absolute Gasteiger partial charge is 0.481 e. The van der Waals surface area contributed by atoms with Gasteiger partial charge in [0.05, 0.1) is 6.42 Å². The molecule has 7 heteroatoms. The number of hydrogen-bond donors (Lipinski definition) is 2. The molecule has 1 aliphatic carbocycles. The Morgan fingerprint density at radius 1 is 1.33 bits per heavy atom. The number of rotatable bonds is 3. The van der Waals surface area contributed by atoms with Crippen LogP contribution in [0.3, 0.4) is 0 Å². The summed E-state index contributed by atoms with van der Waals surface area (Å²) in [5, 5.41) is 10.2. The maximum atomic E-state index is 11.8. The normalized spacial score (nSPS) is 25.5. The molecule has 2 N–H and O–H groups in total. The third-order valence-corrected chi connectivity index (χ3v) is 2.43. The first-order valence-electron chi connectivity index (χ1n) is 4.40. The lowest BCUT2D eigenvalue weighted by atomic mass is 9.77. The molecular formula is C8H10F3NO3. The van der Waals surface area contributed by atoms with Crippen LogP contribution in [0.15, 0.2) is 0 Å². The second kappa shape index (κ2) is 4.08. The van der Waals surface area contributed by atoms with Gasteiger partial charge >= 0.3 is 18.1 Å². The van der Waals surface area contributed by atoms with Crippen LogP contribution in [0, 0.1) is 5.92 Å². The maximum absolute atomic E-state index is 11.8. The number of amides is 1. The highest BCUT2D eigenvalue weighted by molar-refractivity contribution is 5.82. The van der Waals surface area contributed by atoms with Crippen LogP contribution in [0.1, 0.15) is 19.3 Å². The van der Waals surface area contributed by atoms with E-state index >= 15 is 0 Å². The molecule has 0 aromatic carbocycles. The number of halogens is 3. The third-order valence-electron chi connectivity index (χ3n) is 2.43. The number of alkyl halides is 3. The molecule has 0 saturated heterocycles. The average molecular weight is 225 g/mol. The van der Waals surface area contributed by atoms with Crippen molar-refractivity contribution >= 4 is 11.9 Å². The zero-order valence-electron chi connectivity index (χ0n) is 7.67. The van der Waals surface area contributed by atoms with E-state index in [9.17, 15) is 22.8 Å². The molecule has 86 valence electrons. The standard InChI is InChI=1S/C8H10F3NO3/c9-8(10,11)7(15)12-5-2-1-4(5)3-6(13)14/h4-5H,1-3H2,(H,12,15)(H,13,14). The van der Waals surface area contributed by atoms with Gasteiger partial charge in [-0.1, -0.05) is 0 Å². The van der Waals surface area contributed by atoms with Gasteiger partial charge in [0.1, 0.15) is 0 Å². The molecule has 1 amide bonds. The summed E-state index contributed by atoms with van der Waals surface area (Å²) < 4.78 is 35.5. The van der Waals surface area contributed by atoms with Crippen molar-refractivity contribution in [2.75, 3.05) is 0 Å². The average Bonchev–Trinajstić information content (AvgIpc) is 2.06. The van der Waals surface area contributed by atoms with Gasteiger partial charge in [-0.3, -0.25) is 9.59 Å². The van der Waals surface area contributed by atoms with E-state index < -0.39 is 24.1 Å². The third kappa shape index (κ3) is 3.10. The van der Waals surface area contributed by atoms with Gasteiger partial charge in [-0.05, 0) is 18.8 Å². The molecule has 2 atom stereocenters. The van der Waals surface area contributed by atoms with Crippen molar-refractivity contribution < 1.29 is 27.9 Å². The Hall–Kier alpha value is -1.27. The van der Waals surface area contributed by atoms with Crippen LogP contribution >= 0.6 is 0 Å². The summed E-state index contributed by atoms with van der Waals surface area (Å²) in [5.41, 5.74) is 0. The highest BCUT2D eigenvalue weighted by Gasteiger charge is 2.43. The maximum Gasteiger partial charge on any atom is 0.471 e. The second-order valence-corrected chi connectivity index (χ2v) is 3.51. The van der Waals surface area contributed by atoms with Crippen molar-refractivity contribution in [3.05, 3.63) is 0 Å². The van der Waals surface area contributed by atoms with Crippen molar-refractivity contribution in [1.82, 2.24) is 5.32 Å². The van der Waals surface area contributed by atoms with E-state index in [-0.39, 0.29) is 12.3 Å². The SMILES string of the molecule is O=C(O)CC1CCC1NC(=O)C(F)(F)F. The van der Waals surface area contributed by atoms with Crippen LogP contribution in [0.4, 0.5) is 13.2 Å². The zero-order valence-corrected chi connectivity index (χ0v) is 7.67. The number of carbonyl (C=O) groups is 2. The number of nitrogens with one attached hydrogen (secondary N) is 1. The van der Waals surface area contributed by atoms with Gasteiger partial charge in [0.2, 0.25) is 0 Å². The van der Waals surface area contributed by atoms with Crippen molar-refractivity contribution in [3.8, 4) is 0 Å². The summed E-state index contributed by atoms with van der Waals surface area (Å²) in [6.45, 7) is 0. The first-order valence-corrected chi connectivity index (χ1v) is 4.40. The van der Waals surface area contributed by atoms with Gasteiger partial charge in [-0.2, -0.15) is 13.2 Å². The molecule has 0 spiro atoms. The summed E-state index contributed by atoms with van der Waals surface area (Å²) in [6.07, 6.45) is -4.17. The highest BCUT2D eigenvalue weighted by Crippen LogP contribution is 2.31. The van der Waals surface area contributed by atoms with Crippen LogP contribution in [-0.4, -0.2) is 29.2 Å². The predicted octanol–water partition coefficient (Wildman–Crippen LogP) is 0.918. The monoisotopic (exact) mass is 225 g/mol. The number of carboxylic acids is 1. The molecule has 0 aromatic heterocycles. The van der Waals surface area contributed by atoms with Crippen LogP contribution in [0.5, 0.6) is 0 Å². The van der Waals surface area contributed by atoms with Crippen LogP contribution in [0.2, 0.25) is 0 Å². The van der Waals surface area contributed by atoms with Gasteiger partial charge in [0.25, 0.3) is 0 Å². The Morgan fingerprint density at radius 3 is 2.27 bits per heavy atom. The van der Waals surface area contributed by atoms with E-state index in [1.807, 2.05) is 0 Å². The topological polar surface area (TPSA) is 66.4 Å². The number of aliphatic carboxylic acids is 1. The Kier molecular flexibility index (Phi) is 3.21. The predicted molar refractivity (Wildman–Crippen MR) is 43.0 cm³/mol. The minimum Gasteiger partial charge on any atom is -0.481 e. The van der Waals surface area contributed by atoms with E-state index in [2.05, 4.69) is 0 Å². The zero-order chi connectivity index (χ0) is 11.6. The van der Waals surface area contributed by atoms with E-state index in [1.165, 1.54) is 0 Å².